The molecule has 0 bridgehead atoms. The van der Waals surface area contributed by atoms with E-state index in [9.17, 15) is 8.42 Å². The van der Waals surface area contributed by atoms with Crippen LogP contribution in [0, 0.1) is 5.92 Å². The summed E-state index contributed by atoms with van der Waals surface area (Å²) in [5.74, 6) is 1.16. The van der Waals surface area contributed by atoms with Gasteiger partial charge in [0, 0.05) is 37.5 Å². The van der Waals surface area contributed by atoms with Gasteiger partial charge in [-0.15, -0.1) is 0 Å². The Kier molecular flexibility index (Phi) is 6.77. The molecule has 0 aliphatic carbocycles. The van der Waals surface area contributed by atoms with E-state index < -0.39 is 9.84 Å². The topological polar surface area (TPSA) is 49.4 Å². The van der Waals surface area contributed by atoms with Crippen LogP contribution in [0.2, 0.25) is 0 Å². The summed E-state index contributed by atoms with van der Waals surface area (Å²) in [5, 5.41) is 3.58. The molecule has 4 nitrogen and oxygen atoms in total. The van der Waals surface area contributed by atoms with E-state index in [2.05, 4.69) is 31.0 Å². The van der Waals surface area contributed by atoms with Crippen molar-refractivity contribution < 1.29 is 8.42 Å². The first-order chi connectivity index (χ1) is 8.93. The van der Waals surface area contributed by atoms with Gasteiger partial charge in [-0.2, -0.15) is 0 Å². The molecule has 0 aromatic heterocycles. The molecular formula is C14H30N2O2S. The SMILES string of the molecule is CCC1CN(CCS(=O)(=O)CC)C(C(C)CC)CN1. The van der Waals surface area contributed by atoms with Crippen LogP contribution in [0.25, 0.3) is 0 Å². The average molecular weight is 290 g/mol. The van der Waals surface area contributed by atoms with Crippen molar-refractivity contribution >= 4 is 9.84 Å². The van der Waals surface area contributed by atoms with Crippen LogP contribution in [0.3, 0.4) is 0 Å². The highest BCUT2D eigenvalue weighted by atomic mass is 32.2. The standard InChI is InChI=1S/C14H30N2O2S/c1-5-12(4)14-10-15-13(6-2)11-16(14)8-9-19(17,18)7-3/h12-15H,5-11H2,1-4H3. The Hall–Kier alpha value is -0.130. The zero-order valence-electron chi connectivity index (χ0n) is 12.9. The Morgan fingerprint density at radius 3 is 2.53 bits per heavy atom. The second kappa shape index (κ2) is 7.60. The number of hydrogen-bond donors (Lipinski definition) is 1. The van der Waals surface area contributed by atoms with E-state index in [4.69, 9.17) is 0 Å². The summed E-state index contributed by atoms with van der Waals surface area (Å²) in [4.78, 5) is 2.39. The van der Waals surface area contributed by atoms with E-state index in [1.165, 1.54) is 0 Å². The lowest BCUT2D eigenvalue weighted by atomic mass is 9.94. The Bertz CT molecular complexity index is 356. The highest BCUT2D eigenvalue weighted by Crippen LogP contribution is 2.19. The minimum atomic E-state index is -2.86. The van der Waals surface area contributed by atoms with Crippen LogP contribution < -0.4 is 5.32 Å². The van der Waals surface area contributed by atoms with Gasteiger partial charge in [-0.1, -0.05) is 34.1 Å². The van der Waals surface area contributed by atoms with Crippen molar-refractivity contribution in [1.82, 2.24) is 10.2 Å². The van der Waals surface area contributed by atoms with Crippen molar-refractivity contribution in [2.45, 2.75) is 52.6 Å². The molecule has 0 aromatic carbocycles. The number of hydrogen-bond acceptors (Lipinski definition) is 4. The fourth-order valence-electron chi connectivity index (χ4n) is 2.66. The molecule has 0 spiro atoms. The number of piperazine rings is 1. The molecule has 114 valence electrons. The molecule has 0 saturated carbocycles. The minimum absolute atomic E-state index is 0.254. The summed E-state index contributed by atoms with van der Waals surface area (Å²) < 4.78 is 23.4. The normalized spacial score (nSPS) is 27.4. The van der Waals surface area contributed by atoms with Gasteiger partial charge < -0.3 is 5.32 Å². The molecule has 19 heavy (non-hydrogen) atoms. The lowest BCUT2D eigenvalue weighted by Gasteiger charge is -2.43. The van der Waals surface area contributed by atoms with E-state index in [1.807, 2.05) is 0 Å². The van der Waals surface area contributed by atoms with Gasteiger partial charge in [0.15, 0.2) is 9.84 Å². The van der Waals surface area contributed by atoms with E-state index in [-0.39, 0.29) is 5.75 Å². The molecule has 1 aliphatic rings. The molecule has 1 heterocycles. The molecule has 0 amide bonds. The summed E-state index contributed by atoms with van der Waals surface area (Å²) in [6.45, 7) is 11.0. The van der Waals surface area contributed by atoms with Crippen LogP contribution in [-0.2, 0) is 9.84 Å². The predicted octanol–water partition coefficient (Wildman–Crippen LogP) is 1.52. The van der Waals surface area contributed by atoms with Crippen LogP contribution in [0.15, 0.2) is 0 Å². The number of nitrogens with zero attached hydrogens (tertiary/aromatic N) is 1. The fourth-order valence-corrected chi connectivity index (χ4v) is 3.47. The Balaban J connectivity index is 2.66. The third-order valence-corrected chi connectivity index (χ3v) is 6.15. The van der Waals surface area contributed by atoms with E-state index in [0.29, 0.717) is 30.3 Å². The van der Waals surface area contributed by atoms with Gasteiger partial charge >= 0.3 is 0 Å². The summed E-state index contributed by atoms with van der Waals surface area (Å²) in [6.07, 6.45) is 2.24. The molecule has 1 rings (SSSR count). The zero-order valence-corrected chi connectivity index (χ0v) is 13.7. The van der Waals surface area contributed by atoms with Crippen molar-refractivity contribution in [3.63, 3.8) is 0 Å². The van der Waals surface area contributed by atoms with Crippen LogP contribution in [0.5, 0.6) is 0 Å². The fraction of sp³-hybridized carbons (Fsp3) is 1.00. The third kappa shape index (κ3) is 5.04. The zero-order chi connectivity index (χ0) is 14.5. The van der Waals surface area contributed by atoms with Crippen molar-refractivity contribution in [2.75, 3.05) is 31.1 Å². The molecule has 0 aromatic rings. The number of sulfone groups is 1. The van der Waals surface area contributed by atoms with Crippen molar-refractivity contribution in [3.05, 3.63) is 0 Å². The van der Waals surface area contributed by atoms with Crippen molar-refractivity contribution in [3.8, 4) is 0 Å². The van der Waals surface area contributed by atoms with Crippen molar-refractivity contribution in [2.24, 2.45) is 5.92 Å². The smallest absolute Gasteiger partial charge is 0.151 e. The van der Waals surface area contributed by atoms with Gasteiger partial charge in [-0.25, -0.2) is 8.42 Å². The molecule has 3 unspecified atom stereocenters. The summed E-state index contributed by atoms with van der Waals surface area (Å²) in [7, 11) is -2.86. The minimum Gasteiger partial charge on any atom is -0.311 e. The third-order valence-electron chi connectivity index (χ3n) is 4.46. The summed E-state index contributed by atoms with van der Waals surface area (Å²) >= 11 is 0. The van der Waals surface area contributed by atoms with Crippen LogP contribution in [0.4, 0.5) is 0 Å². The number of rotatable bonds is 7. The van der Waals surface area contributed by atoms with Gasteiger partial charge in [0.1, 0.15) is 0 Å². The van der Waals surface area contributed by atoms with E-state index in [1.54, 1.807) is 6.92 Å². The first kappa shape index (κ1) is 16.9. The van der Waals surface area contributed by atoms with Gasteiger partial charge in [-0.3, -0.25) is 4.90 Å². The monoisotopic (exact) mass is 290 g/mol. The second-order valence-corrected chi connectivity index (χ2v) is 8.17. The molecular weight excluding hydrogens is 260 g/mol. The molecule has 3 atom stereocenters. The molecule has 0 radical (unpaired) electrons. The molecule has 1 fully saturated rings. The van der Waals surface area contributed by atoms with Gasteiger partial charge in [0.05, 0.1) is 5.75 Å². The highest BCUT2D eigenvalue weighted by molar-refractivity contribution is 7.91. The van der Waals surface area contributed by atoms with Crippen LogP contribution in [0.1, 0.15) is 40.5 Å². The highest BCUT2D eigenvalue weighted by Gasteiger charge is 2.30. The maximum atomic E-state index is 11.7. The maximum Gasteiger partial charge on any atom is 0.151 e. The van der Waals surface area contributed by atoms with Gasteiger partial charge in [0.2, 0.25) is 0 Å². The van der Waals surface area contributed by atoms with Gasteiger partial charge in [-0.05, 0) is 12.3 Å². The second-order valence-electron chi connectivity index (χ2n) is 5.70. The molecule has 1 aliphatic heterocycles. The predicted molar refractivity (Wildman–Crippen MR) is 81.2 cm³/mol. The Labute approximate surface area is 118 Å². The van der Waals surface area contributed by atoms with E-state index in [0.717, 1.165) is 25.9 Å². The van der Waals surface area contributed by atoms with E-state index >= 15 is 0 Å². The summed E-state index contributed by atoms with van der Waals surface area (Å²) in [6, 6.07) is 0.976. The first-order valence-corrected chi connectivity index (χ1v) is 9.43. The van der Waals surface area contributed by atoms with Crippen molar-refractivity contribution in [1.29, 1.82) is 0 Å². The Morgan fingerprint density at radius 1 is 1.32 bits per heavy atom. The van der Waals surface area contributed by atoms with Gasteiger partial charge in [0.25, 0.3) is 0 Å². The first-order valence-electron chi connectivity index (χ1n) is 7.61. The molecule has 1 saturated heterocycles. The largest absolute Gasteiger partial charge is 0.311 e. The Morgan fingerprint density at radius 2 is 2.00 bits per heavy atom. The van der Waals surface area contributed by atoms with Crippen LogP contribution in [-0.4, -0.2) is 56.5 Å². The summed E-state index contributed by atoms with van der Waals surface area (Å²) in [5.41, 5.74) is 0. The lowest BCUT2D eigenvalue weighted by Crippen LogP contribution is -2.59. The van der Waals surface area contributed by atoms with Crippen LogP contribution >= 0.6 is 0 Å². The number of nitrogens with one attached hydrogen (secondary N) is 1. The maximum absolute atomic E-state index is 11.7. The quantitative estimate of drug-likeness (QED) is 0.772. The lowest BCUT2D eigenvalue weighted by molar-refractivity contribution is 0.0967. The molecule has 5 heteroatoms. The molecule has 1 N–H and O–H groups in total. The average Bonchev–Trinajstić information content (AvgIpc) is 2.44.